The number of rotatable bonds is 11. The number of nitrogens with zero attached hydrogens (tertiary/aromatic N) is 2. The minimum Gasteiger partial charge on any atom is -0.495 e. The summed E-state index contributed by atoms with van der Waals surface area (Å²) in [7, 11) is 2.97. The monoisotopic (exact) mass is 588 g/mol. The molecule has 1 fully saturated rings. The van der Waals surface area contributed by atoms with E-state index in [1.54, 1.807) is 31.4 Å². The number of alkyl halides is 3. The number of aromatic carboxylic acids is 1. The van der Waals surface area contributed by atoms with Gasteiger partial charge in [0.05, 0.1) is 48.8 Å². The van der Waals surface area contributed by atoms with Crippen molar-refractivity contribution in [3.8, 4) is 17.6 Å². The normalized spacial score (nSPS) is 15.2. The molecule has 2 heterocycles. The predicted octanol–water partition coefficient (Wildman–Crippen LogP) is 4.26. The molecule has 0 radical (unpaired) electrons. The van der Waals surface area contributed by atoms with E-state index in [1.165, 1.54) is 23.8 Å². The Morgan fingerprint density at radius 1 is 1.14 bits per heavy atom. The van der Waals surface area contributed by atoms with Crippen LogP contribution >= 0.6 is 0 Å². The Morgan fingerprint density at radius 3 is 2.57 bits per heavy atom. The van der Waals surface area contributed by atoms with Crippen LogP contribution < -0.4 is 15.4 Å². The molecule has 226 valence electrons. The molecule has 3 aromatic rings. The minimum atomic E-state index is -4.44. The van der Waals surface area contributed by atoms with Crippen molar-refractivity contribution in [2.24, 2.45) is 0 Å². The number of carboxylic acids is 1. The highest BCUT2D eigenvalue weighted by Crippen LogP contribution is 2.31. The van der Waals surface area contributed by atoms with Crippen LogP contribution in [0.2, 0.25) is 0 Å². The number of nitrogens with one attached hydrogen (secondary N) is 2. The second-order valence-electron chi connectivity index (χ2n) is 10.2. The van der Waals surface area contributed by atoms with Gasteiger partial charge in [0.1, 0.15) is 12.3 Å². The van der Waals surface area contributed by atoms with Gasteiger partial charge in [0.2, 0.25) is 0 Å². The number of hydrogen-bond acceptors (Lipinski definition) is 7. The molecular weight excluding hydrogens is 553 g/mol. The third kappa shape index (κ3) is 8.09. The van der Waals surface area contributed by atoms with Gasteiger partial charge in [0.25, 0.3) is 0 Å². The largest absolute Gasteiger partial charge is 0.495 e. The number of fused-ring (bicyclic) bond motifs is 1. The maximum absolute atomic E-state index is 13.6. The van der Waals surface area contributed by atoms with E-state index < -0.39 is 24.8 Å². The minimum absolute atomic E-state index is 0.0657. The van der Waals surface area contributed by atoms with Crippen LogP contribution in [0.4, 0.5) is 24.5 Å². The lowest BCUT2D eigenvalue weighted by molar-refractivity contribution is -0.140. The van der Waals surface area contributed by atoms with Crippen LogP contribution in [0.1, 0.15) is 28.9 Å². The Labute approximate surface area is 242 Å². The van der Waals surface area contributed by atoms with Gasteiger partial charge in [-0.1, -0.05) is 12.0 Å². The van der Waals surface area contributed by atoms with Gasteiger partial charge in [0, 0.05) is 43.9 Å². The predicted molar refractivity (Wildman–Crippen MR) is 154 cm³/mol. The molecule has 42 heavy (non-hydrogen) atoms. The molecule has 12 heteroatoms. The van der Waals surface area contributed by atoms with E-state index in [4.69, 9.17) is 14.6 Å². The third-order valence-corrected chi connectivity index (χ3v) is 7.09. The van der Waals surface area contributed by atoms with Gasteiger partial charge >= 0.3 is 12.1 Å². The molecule has 1 atom stereocenters. The highest BCUT2D eigenvalue weighted by molar-refractivity contribution is 5.94. The van der Waals surface area contributed by atoms with E-state index in [-0.39, 0.29) is 30.5 Å². The summed E-state index contributed by atoms with van der Waals surface area (Å²) >= 11 is 0. The van der Waals surface area contributed by atoms with E-state index in [2.05, 4.69) is 27.4 Å². The average molecular weight is 589 g/mol. The van der Waals surface area contributed by atoms with Crippen molar-refractivity contribution in [1.82, 2.24) is 9.47 Å². The molecule has 0 spiro atoms. The number of benzene rings is 2. The van der Waals surface area contributed by atoms with Gasteiger partial charge in [-0.2, -0.15) is 13.2 Å². The standard InChI is InChI=1S/C30H35F3N4O5/c1-41-18-23(38)17-36-13-10-21(11-14-36)35-25-6-3-7-27-24(25)16-22(37(27)19-30(31,32)33)5-4-12-34-26-9-8-20(29(39)40)15-28(26)42-2/h3,6-9,15-16,21,23,34-35,38H,10-14,17-19H2,1-2H3,(H,39,40). The third-order valence-electron chi connectivity index (χ3n) is 7.09. The zero-order valence-electron chi connectivity index (χ0n) is 23.5. The van der Waals surface area contributed by atoms with Crippen LogP contribution in [-0.4, -0.2) is 91.0 Å². The van der Waals surface area contributed by atoms with Crippen molar-refractivity contribution in [3.63, 3.8) is 0 Å². The first-order chi connectivity index (χ1) is 20.1. The average Bonchev–Trinajstić information content (AvgIpc) is 3.28. The topological polar surface area (TPSA) is 108 Å². The Balaban J connectivity index is 1.51. The number of likely N-dealkylation sites (tertiary alicyclic amines) is 1. The summed E-state index contributed by atoms with van der Waals surface area (Å²) in [5, 5.41) is 26.4. The number of carboxylic acid groups (broad SMARTS) is 1. The van der Waals surface area contributed by atoms with E-state index >= 15 is 0 Å². The molecule has 0 aliphatic carbocycles. The van der Waals surface area contributed by atoms with Crippen LogP contribution in [0.15, 0.2) is 42.5 Å². The Hall–Kier alpha value is -3.92. The molecule has 1 saturated heterocycles. The number of aliphatic hydroxyl groups is 1. The van der Waals surface area contributed by atoms with E-state index in [0.717, 1.165) is 31.6 Å². The quantitative estimate of drug-likeness (QED) is 0.246. The molecule has 1 aliphatic heterocycles. The number of carbonyl (C=O) groups is 1. The molecule has 4 N–H and O–H groups in total. The first-order valence-corrected chi connectivity index (χ1v) is 13.6. The fourth-order valence-corrected chi connectivity index (χ4v) is 5.13. The molecule has 1 aliphatic rings. The number of halogens is 3. The van der Waals surface area contributed by atoms with Crippen molar-refractivity contribution in [2.75, 3.05) is 57.6 Å². The van der Waals surface area contributed by atoms with Gasteiger partial charge in [-0.3, -0.25) is 0 Å². The van der Waals surface area contributed by atoms with Gasteiger partial charge < -0.3 is 39.8 Å². The van der Waals surface area contributed by atoms with Crippen LogP contribution in [0, 0.1) is 11.8 Å². The van der Waals surface area contributed by atoms with E-state index in [1.807, 2.05) is 6.07 Å². The second-order valence-corrected chi connectivity index (χ2v) is 10.2. The van der Waals surface area contributed by atoms with Crippen LogP contribution in [-0.2, 0) is 11.3 Å². The van der Waals surface area contributed by atoms with Crippen LogP contribution in [0.3, 0.4) is 0 Å². The van der Waals surface area contributed by atoms with Gasteiger partial charge in [-0.15, -0.1) is 0 Å². The zero-order chi connectivity index (χ0) is 30.3. The van der Waals surface area contributed by atoms with Gasteiger partial charge in [-0.25, -0.2) is 4.79 Å². The number of ether oxygens (including phenoxy) is 2. The second kappa shape index (κ2) is 13.8. The number of piperidine rings is 1. The van der Waals surface area contributed by atoms with E-state index in [9.17, 15) is 23.1 Å². The lowest BCUT2D eigenvalue weighted by Crippen LogP contribution is -2.43. The summed E-state index contributed by atoms with van der Waals surface area (Å²) in [6, 6.07) is 11.4. The highest BCUT2D eigenvalue weighted by atomic mass is 19.4. The molecule has 1 aromatic heterocycles. The summed E-state index contributed by atoms with van der Waals surface area (Å²) < 4.78 is 52.1. The van der Waals surface area contributed by atoms with Crippen molar-refractivity contribution in [3.05, 3.63) is 53.7 Å². The molecule has 4 rings (SSSR count). The molecular formula is C30H35F3N4O5. The van der Waals surface area contributed by atoms with Crippen molar-refractivity contribution < 1.29 is 37.7 Å². The molecule has 9 nitrogen and oxygen atoms in total. The number of aromatic nitrogens is 1. The van der Waals surface area contributed by atoms with Crippen molar-refractivity contribution in [1.29, 1.82) is 0 Å². The fourth-order valence-electron chi connectivity index (χ4n) is 5.13. The maximum atomic E-state index is 13.6. The SMILES string of the molecule is COCC(O)CN1CCC(Nc2cccc3c2cc(C#CCNc2ccc(C(=O)O)cc2OC)n3CC(F)(F)F)CC1. The number of aliphatic hydroxyl groups excluding tert-OH is 1. The first kappa shape index (κ1) is 31.0. The van der Waals surface area contributed by atoms with Crippen molar-refractivity contribution in [2.45, 2.75) is 37.7 Å². The lowest BCUT2D eigenvalue weighted by atomic mass is 10.0. The number of methoxy groups -OCH3 is 2. The summed E-state index contributed by atoms with van der Waals surface area (Å²) in [5.41, 5.74) is 1.99. The highest BCUT2D eigenvalue weighted by Gasteiger charge is 2.30. The number of hydrogen-bond donors (Lipinski definition) is 4. The summed E-state index contributed by atoms with van der Waals surface area (Å²) in [6.07, 6.45) is -3.33. The lowest BCUT2D eigenvalue weighted by Gasteiger charge is -2.34. The number of anilines is 2. The smallest absolute Gasteiger partial charge is 0.406 e. The molecule has 0 bridgehead atoms. The summed E-state index contributed by atoms with van der Waals surface area (Å²) in [5.74, 6) is 4.98. The molecule has 0 saturated carbocycles. The van der Waals surface area contributed by atoms with Crippen LogP contribution in [0.25, 0.3) is 10.9 Å². The fraction of sp³-hybridized carbons (Fsp3) is 0.433. The Bertz CT molecular complexity index is 1440. The van der Waals surface area contributed by atoms with Gasteiger partial charge in [-0.05, 0) is 55.2 Å². The Kier molecular flexibility index (Phi) is 10.2. The molecule has 1 unspecified atom stereocenters. The Morgan fingerprint density at radius 2 is 1.90 bits per heavy atom. The van der Waals surface area contributed by atoms with Crippen molar-refractivity contribution >= 4 is 28.2 Å². The molecule has 2 aromatic carbocycles. The molecule has 0 amide bonds. The summed E-state index contributed by atoms with van der Waals surface area (Å²) in [6.45, 7) is 1.31. The first-order valence-electron chi connectivity index (χ1n) is 13.6. The zero-order valence-corrected chi connectivity index (χ0v) is 23.5. The maximum Gasteiger partial charge on any atom is 0.406 e. The van der Waals surface area contributed by atoms with E-state index in [0.29, 0.717) is 28.9 Å². The van der Waals surface area contributed by atoms with Crippen LogP contribution in [0.5, 0.6) is 5.75 Å². The van der Waals surface area contributed by atoms with Gasteiger partial charge in [0.15, 0.2) is 0 Å². The number of β-amino-alcohol motifs (C(OH)–C–C–N with tert-alkyl or cyclic N) is 1. The summed E-state index contributed by atoms with van der Waals surface area (Å²) in [4.78, 5) is 13.4.